The standard InChI is InChI=1S/C15H16BrNO2S/c1-3-4-12-11(7-9(2)16)14-10(5-6-17-12)8-13(20-14)15(18)19/h7-8H,2-6H2,1H3,(H,18,19)/b11-7+. The van der Waals surface area contributed by atoms with Gasteiger partial charge in [0.15, 0.2) is 0 Å². The summed E-state index contributed by atoms with van der Waals surface area (Å²) in [6.07, 6.45) is 4.64. The van der Waals surface area contributed by atoms with E-state index in [4.69, 9.17) is 0 Å². The van der Waals surface area contributed by atoms with Gasteiger partial charge in [-0.25, -0.2) is 4.79 Å². The van der Waals surface area contributed by atoms with Gasteiger partial charge in [-0.05, 0) is 30.5 Å². The summed E-state index contributed by atoms with van der Waals surface area (Å²) in [5.41, 5.74) is 3.13. The maximum Gasteiger partial charge on any atom is 0.345 e. The minimum absolute atomic E-state index is 0.388. The summed E-state index contributed by atoms with van der Waals surface area (Å²) in [6.45, 7) is 6.69. The van der Waals surface area contributed by atoms with Crippen molar-refractivity contribution >= 4 is 44.5 Å². The van der Waals surface area contributed by atoms with Gasteiger partial charge in [-0.3, -0.25) is 4.99 Å². The molecule has 0 saturated carbocycles. The third-order valence-electron chi connectivity index (χ3n) is 3.05. The number of allylic oxidation sites excluding steroid dienone is 3. The Morgan fingerprint density at radius 2 is 2.40 bits per heavy atom. The fraction of sp³-hybridized carbons (Fsp3) is 0.333. The molecule has 3 nitrogen and oxygen atoms in total. The number of hydrogen-bond acceptors (Lipinski definition) is 3. The van der Waals surface area contributed by atoms with Crippen molar-refractivity contribution in [3.8, 4) is 0 Å². The highest BCUT2D eigenvalue weighted by Gasteiger charge is 2.21. The number of rotatable bonds is 4. The van der Waals surface area contributed by atoms with Gasteiger partial charge in [0.2, 0.25) is 0 Å². The Morgan fingerprint density at radius 1 is 1.65 bits per heavy atom. The van der Waals surface area contributed by atoms with Gasteiger partial charge in [-0.2, -0.15) is 0 Å². The molecule has 20 heavy (non-hydrogen) atoms. The second-order valence-electron chi connectivity index (χ2n) is 4.60. The summed E-state index contributed by atoms with van der Waals surface area (Å²) in [4.78, 5) is 17.2. The average Bonchev–Trinajstić information content (AvgIpc) is 2.73. The predicted octanol–water partition coefficient (Wildman–Crippen LogP) is 4.54. The number of aromatic carboxylic acids is 1. The van der Waals surface area contributed by atoms with Gasteiger partial charge < -0.3 is 5.11 Å². The Kier molecular flexibility index (Phi) is 4.94. The molecule has 0 bridgehead atoms. The van der Waals surface area contributed by atoms with Crippen LogP contribution in [0.15, 0.2) is 28.2 Å². The van der Waals surface area contributed by atoms with Crippen molar-refractivity contribution in [2.24, 2.45) is 4.99 Å². The largest absolute Gasteiger partial charge is 0.477 e. The average molecular weight is 354 g/mol. The maximum absolute atomic E-state index is 11.2. The summed E-state index contributed by atoms with van der Waals surface area (Å²) >= 11 is 4.69. The van der Waals surface area contributed by atoms with Gasteiger partial charge >= 0.3 is 5.97 Å². The van der Waals surface area contributed by atoms with E-state index in [0.29, 0.717) is 11.4 Å². The van der Waals surface area contributed by atoms with Gasteiger partial charge in [-0.1, -0.05) is 35.9 Å². The SMILES string of the molecule is C=C(Br)/C=C1\C(CCC)=NCCc2cc(C(=O)O)sc21. The molecule has 5 heteroatoms. The van der Waals surface area contributed by atoms with Gasteiger partial charge in [-0.15, -0.1) is 11.3 Å². The maximum atomic E-state index is 11.2. The molecule has 1 aliphatic heterocycles. The molecule has 0 unspecified atom stereocenters. The smallest absolute Gasteiger partial charge is 0.345 e. The number of nitrogens with zero attached hydrogens (tertiary/aromatic N) is 1. The molecule has 0 fully saturated rings. The van der Waals surface area contributed by atoms with Crippen molar-refractivity contribution in [1.82, 2.24) is 0 Å². The highest BCUT2D eigenvalue weighted by molar-refractivity contribution is 9.11. The van der Waals surface area contributed by atoms with Crippen molar-refractivity contribution in [1.29, 1.82) is 0 Å². The van der Waals surface area contributed by atoms with E-state index < -0.39 is 5.97 Å². The van der Waals surface area contributed by atoms with Crippen LogP contribution in [-0.4, -0.2) is 23.3 Å². The van der Waals surface area contributed by atoms with Crippen LogP contribution in [0.3, 0.4) is 0 Å². The van der Waals surface area contributed by atoms with Crippen LogP contribution in [0.25, 0.3) is 5.57 Å². The molecule has 0 spiro atoms. The zero-order valence-corrected chi connectivity index (χ0v) is 13.7. The van der Waals surface area contributed by atoms with Crippen molar-refractivity contribution < 1.29 is 9.90 Å². The number of carbonyl (C=O) groups is 1. The van der Waals surface area contributed by atoms with Crippen molar-refractivity contribution in [3.63, 3.8) is 0 Å². The van der Waals surface area contributed by atoms with Gasteiger partial charge in [0.05, 0.1) is 0 Å². The highest BCUT2D eigenvalue weighted by Crippen LogP contribution is 2.34. The normalized spacial score (nSPS) is 16.5. The molecule has 0 amide bonds. The number of aliphatic imine (C=N–C) groups is 1. The van der Waals surface area contributed by atoms with E-state index in [2.05, 4.69) is 34.4 Å². The van der Waals surface area contributed by atoms with E-state index in [9.17, 15) is 9.90 Å². The highest BCUT2D eigenvalue weighted by atomic mass is 79.9. The topological polar surface area (TPSA) is 49.7 Å². The molecule has 0 atom stereocenters. The molecule has 1 N–H and O–H groups in total. The fourth-order valence-electron chi connectivity index (χ4n) is 2.23. The first kappa shape index (κ1) is 15.2. The minimum atomic E-state index is -0.867. The number of hydrogen-bond donors (Lipinski definition) is 1. The Labute approximate surface area is 130 Å². The molecule has 0 aromatic carbocycles. The van der Waals surface area contributed by atoms with Gasteiger partial charge in [0.1, 0.15) is 4.88 Å². The molecule has 106 valence electrons. The van der Waals surface area contributed by atoms with E-state index in [1.807, 2.05) is 6.08 Å². The number of fused-ring (bicyclic) bond motifs is 1. The number of carboxylic acid groups (broad SMARTS) is 1. The van der Waals surface area contributed by atoms with Crippen LogP contribution in [0.2, 0.25) is 0 Å². The summed E-state index contributed by atoms with van der Waals surface area (Å²) in [5.74, 6) is -0.867. The van der Waals surface area contributed by atoms with Crippen LogP contribution in [0.5, 0.6) is 0 Å². The third kappa shape index (κ3) is 3.27. The van der Waals surface area contributed by atoms with E-state index in [-0.39, 0.29) is 0 Å². The molecule has 0 radical (unpaired) electrons. The van der Waals surface area contributed by atoms with Crippen molar-refractivity contribution in [2.45, 2.75) is 26.2 Å². The second kappa shape index (κ2) is 6.50. The molecular formula is C15H16BrNO2S. The first-order valence-electron chi connectivity index (χ1n) is 6.49. The Balaban J connectivity index is 2.55. The lowest BCUT2D eigenvalue weighted by molar-refractivity contribution is 0.0702. The molecule has 2 rings (SSSR count). The van der Waals surface area contributed by atoms with E-state index >= 15 is 0 Å². The van der Waals surface area contributed by atoms with Crippen LogP contribution in [0.1, 0.15) is 39.9 Å². The van der Waals surface area contributed by atoms with E-state index in [1.165, 1.54) is 11.3 Å². The summed E-state index contributed by atoms with van der Waals surface area (Å²) in [6, 6.07) is 1.78. The fourth-order valence-corrected chi connectivity index (χ4v) is 3.55. The first-order valence-corrected chi connectivity index (χ1v) is 8.10. The van der Waals surface area contributed by atoms with Crippen LogP contribution in [-0.2, 0) is 6.42 Å². The van der Waals surface area contributed by atoms with E-state index in [1.54, 1.807) is 6.07 Å². The van der Waals surface area contributed by atoms with Gasteiger partial charge in [0.25, 0.3) is 0 Å². The second-order valence-corrected chi connectivity index (χ2v) is 6.67. The molecule has 2 heterocycles. The first-order chi connectivity index (χ1) is 9.52. The molecule has 0 aliphatic carbocycles. The zero-order valence-electron chi connectivity index (χ0n) is 11.3. The Bertz CT molecular complexity index is 613. The van der Waals surface area contributed by atoms with Gasteiger partial charge in [0, 0.05) is 27.2 Å². The van der Waals surface area contributed by atoms with Crippen LogP contribution in [0.4, 0.5) is 0 Å². The lowest BCUT2D eigenvalue weighted by atomic mass is 10.0. The summed E-state index contributed by atoms with van der Waals surface area (Å²) in [5, 5.41) is 9.18. The van der Waals surface area contributed by atoms with E-state index in [0.717, 1.165) is 45.5 Å². The number of thiophene rings is 1. The predicted molar refractivity (Wildman–Crippen MR) is 88.2 cm³/mol. The van der Waals surface area contributed by atoms with Crippen molar-refractivity contribution in [3.05, 3.63) is 38.5 Å². The molecule has 1 aromatic heterocycles. The van der Waals surface area contributed by atoms with Crippen LogP contribution in [0, 0.1) is 0 Å². The Morgan fingerprint density at radius 3 is 3.00 bits per heavy atom. The molecular weight excluding hydrogens is 338 g/mol. The quantitative estimate of drug-likeness (QED) is 0.863. The Hall–Kier alpha value is -1.20. The van der Waals surface area contributed by atoms with Crippen molar-refractivity contribution in [2.75, 3.05) is 6.54 Å². The number of carboxylic acids is 1. The molecule has 1 aliphatic rings. The molecule has 1 aromatic rings. The number of halogens is 1. The lowest BCUT2D eigenvalue weighted by Gasteiger charge is -2.08. The van der Waals surface area contributed by atoms with Crippen LogP contribution < -0.4 is 0 Å². The zero-order chi connectivity index (χ0) is 14.7. The third-order valence-corrected chi connectivity index (χ3v) is 4.47. The lowest BCUT2D eigenvalue weighted by Crippen LogP contribution is -2.01. The summed E-state index contributed by atoms with van der Waals surface area (Å²) in [7, 11) is 0. The monoisotopic (exact) mass is 353 g/mol. The molecule has 0 saturated heterocycles. The van der Waals surface area contributed by atoms with Crippen LogP contribution >= 0.6 is 27.3 Å². The minimum Gasteiger partial charge on any atom is -0.477 e. The summed E-state index contributed by atoms with van der Waals surface area (Å²) < 4.78 is 0.773.